The van der Waals surface area contributed by atoms with Gasteiger partial charge in [0.05, 0.1) is 19.6 Å². The Bertz CT molecular complexity index is 2570. The van der Waals surface area contributed by atoms with Crippen LogP contribution in [0, 0.1) is 83.1 Å². The van der Waals surface area contributed by atoms with Crippen molar-refractivity contribution in [1.82, 2.24) is 17.2 Å². The van der Waals surface area contributed by atoms with E-state index in [1.165, 1.54) is 8.61 Å². The van der Waals surface area contributed by atoms with Gasteiger partial charge in [-0.2, -0.15) is 12.9 Å². The molecule has 0 aromatic heterocycles. The monoisotopic (exact) mass is 1020 g/mol. The Labute approximate surface area is 413 Å². The molecule has 0 atom stereocenters. The molecular weight excluding hydrogens is 937 g/mol. The van der Waals surface area contributed by atoms with Crippen LogP contribution in [0.3, 0.4) is 0 Å². The van der Waals surface area contributed by atoms with Crippen molar-refractivity contribution in [2.75, 3.05) is 52.4 Å². The van der Waals surface area contributed by atoms with Gasteiger partial charge >= 0.3 is 0 Å². The molecule has 0 saturated heterocycles. The predicted molar refractivity (Wildman–Crippen MR) is 284 cm³/mol. The first kappa shape index (κ1) is 57.5. The van der Waals surface area contributed by atoms with E-state index >= 15 is 0 Å². The third kappa shape index (κ3) is 13.4. The number of hydrogen-bond donors (Lipinski definition) is 4. The van der Waals surface area contributed by atoms with Gasteiger partial charge in [-0.25, -0.2) is 21.1 Å². The Balaban J connectivity index is 1.60. The lowest BCUT2D eigenvalue weighted by Crippen LogP contribution is -2.35. The summed E-state index contributed by atoms with van der Waals surface area (Å²) in [5, 5.41) is 0. The van der Waals surface area contributed by atoms with E-state index in [1.54, 1.807) is 34.6 Å². The zero-order chi connectivity index (χ0) is 51.1. The van der Waals surface area contributed by atoms with Crippen LogP contribution in [-0.4, -0.2) is 105 Å². The molecule has 0 aliphatic heterocycles. The molecule has 0 radical (unpaired) electrons. The van der Waals surface area contributed by atoms with E-state index < -0.39 is 41.6 Å². The number of aryl methyl sites for hydroxylation is 12. The summed E-state index contributed by atoms with van der Waals surface area (Å²) in [4.78, 5) is 1.55. The van der Waals surface area contributed by atoms with Gasteiger partial charge in [0.25, 0.3) is 0 Å². The highest BCUT2D eigenvalue weighted by molar-refractivity contribution is 8.22. The lowest BCUT2D eigenvalue weighted by Gasteiger charge is -2.44. The van der Waals surface area contributed by atoms with E-state index in [1.807, 2.05) is 132 Å². The van der Waals surface area contributed by atoms with Crippen LogP contribution in [0.5, 0.6) is 0 Å². The second kappa shape index (κ2) is 23.9. The Morgan fingerprint density at radius 1 is 0.368 bits per heavy atom. The molecule has 16 heteroatoms. The smallest absolute Gasteiger partial charge is 0.243 e. The summed E-state index contributed by atoms with van der Waals surface area (Å²) in [5.74, 6) is 0. The minimum atomic E-state index is -4.01. The minimum Gasteiger partial charge on any atom is -0.281 e. The molecule has 0 aliphatic carbocycles. The van der Waals surface area contributed by atoms with Gasteiger partial charge in [-0.05, 0) is 153 Å². The van der Waals surface area contributed by atoms with Crippen LogP contribution < -0.4 is 0 Å². The Kier molecular flexibility index (Phi) is 20.2. The Morgan fingerprint density at radius 3 is 0.926 bits per heavy atom. The fourth-order valence-electron chi connectivity index (χ4n) is 9.94. The summed E-state index contributed by atoms with van der Waals surface area (Å²) < 4.78 is 111. The molecule has 0 fully saturated rings. The molecule has 4 rings (SSSR count). The molecule has 12 nitrogen and oxygen atoms in total. The van der Waals surface area contributed by atoms with Crippen molar-refractivity contribution in [3.63, 3.8) is 0 Å². The highest BCUT2D eigenvalue weighted by Crippen LogP contribution is 2.55. The molecule has 380 valence electrons. The van der Waals surface area contributed by atoms with Crippen LogP contribution in [-0.2, 0) is 20.0 Å². The van der Waals surface area contributed by atoms with Crippen molar-refractivity contribution in [1.29, 1.82) is 0 Å². The summed E-state index contributed by atoms with van der Waals surface area (Å²) in [5.41, 5.74) is 9.82. The number of nitrogens with zero attached hydrogens (tertiary/aromatic N) is 4. The molecule has 4 N–H and O–H groups in total. The molecule has 0 heterocycles. The quantitative estimate of drug-likeness (QED) is 0.0393. The topological polar surface area (TPSA) is 162 Å². The average Bonchev–Trinajstić information content (AvgIpc) is 3.18. The largest absolute Gasteiger partial charge is 0.281 e. The van der Waals surface area contributed by atoms with E-state index in [4.69, 9.17) is 0 Å². The normalized spacial score (nSPS) is 13.6. The predicted octanol–water partition coefficient (Wildman–Crippen LogP) is 12.3. The molecule has 4 aromatic carbocycles. The second-order valence-corrected chi connectivity index (χ2v) is 26.3. The fourth-order valence-corrected chi connectivity index (χ4v) is 17.6. The van der Waals surface area contributed by atoms with E-state index in [-0.39, 0.29) is 44.2 Å². The van der Waals surface area contributed by atoms with E-state index in [0.717, 1.165) is 44.5 Å². The maximum absolute atomic E-state index is 14.6. The lowest BCUT2D eigenvalue weighted by molar-refractivity contribution is 0.342. The molecule has 0 saturated carbocycles. The van der Waals surface area contributed by atoms with Crippen molar-refractivity contribution in [2.45, 2.75) is 142 Å². The van der Waals surface area contributed by atoms with Gasteiger partial charge in [-0.3, -0.25) is 18.2 Å². The van der Waals surface area contributed by atoms with Crippen LogP contribution in [0.2, 0.25) is 0 Å². The van der Waals surface area contributed by atoms with Crippen LogP contribution in [0.1, 0.15) is 106 Å². The standard InChI is InChI=1S/C52H80N4O8S4/c1-15-53(65(57,58)49-41(7)29-37(3)30-42(49)8)23-17-19-25-55(67(61,62)51-45(11)33-39(5)34-46(51)12)27-21-22-28-56(68(63,64)52-47(13)35-40(6)36-48(52)14)26-20-18-24-54(16-2)66(59,60)50-43(9)31-38(4)32-44(50)10/h21-22,29-36,57-58,63-64H,15-20,23-28H2,1-14H3. The van der Waals surface area contributed by atoms with E-state index in [0.29, 0.717) is 75.7 Å². The number of rotatable bonds is 24. The molecule has 0 aliphatic rings. The molecule has 68 heavy (non-hydrogen) atoms. The Hall–Kier alpha value is -3.10. The number of benzene rings is 4. The van der Waals surface area contributed by atoms with E-state index in [9.17, 15) is 35.0 Å². The number of unbranched alkanes of at least 4 members (excludes halogenated alkanes) is 2. The van der Waals surface area contributed by atoms with Crippen molar-refractivity contribution in [2.24, 2.45) is 0 Å². The van der Waals surface area contributed by atoms with Crippen LogP contribution in [0.4, 0.5) is 0 Å². The third-order valence-electron chi connectivity index (χ3n) is 12.5. The van der Waals surface area contributed by atoms with Crippen molar-refractivity contribution in [3.8, 4) is 0 Å². The molecule has 0 unspecified atom stereocenters. The third-order valence-corrected chi connectivity index (χ3v) is 21.6. The summed E-state index contributed by atoms with van der Waals surface area (Å²) in [6, 6.07) is 15.2. The number of hydrogen-bond acceptors (Lipinski definition) is 10. The van der Waals surface area contributed by atoms with Gasteiger partial charge in [0.15, 0.2) is 0 Å². The summed E-state index contributed by atoms with van der Waals surface area (Å²) in [6.45, 7) is 28.0. The number of sulfonamides is 2. The highest BCUT2D eigenvalue weighted by Gasteiger charge is 2.32. The maximum Gasteiger partial charge on any atom is 0.243 e. The van der Waals surface area contributed by atoms with Gasteiger partial charge in [0, 0.05) is 52.4 Å². The lowest BCUT2D eigenvalue weighted by atomic mass is 10.1. The van der Waals surface area contributed by atoms with Gasteiger partial charge in [0.1, 0.15) is 0 Å². The van der Waals surface area contributed by atoms with Crippen LogP contribution in [0.25, 0.3) is 0 Å². The van der Waals surface area contributed by atoms with Crippen molar-refractivity contribution >= 4 is 41.6 Å². The highest BCUT2D eigenvalue weighted by atomic mass is 32.3. The summed E-state index contributed by atoms with van der Waals surface area (Å²) >= 11 is 0. The van der Waals surface area contributed by atoms with Gasteiger partial charge in [0.2, 0.25) is 20.0 Å². The second-order valence-electron chi connectivity index (χ2n) is 18.6. The summed E-state index contributed by atoms with van der Waals surface area (Å²) in [7, 11) is -14.7. The van der Waals surface area contributed by atoms with Crippen LogP contribution >= 0.6 is 21.6 Å². The molecular formula is C52H80N4O8S4. The zero-order valence-corrected chi connectivity index (χ0v) is 46.4. The first-order valence-electron chi connectivity index (χ1n) is 23.7. The maximum atomic E-state index is 14.6. The first-order valence-corrected chi connectivity index (χ1v) is 29.5. The van der Waals surface area contributed by atoms with Gasteiger partial charge in [-0.1, -0.05) is 96.8 Å². The van der Waals surface area contributed by atoms with Crippen molar-refractivity contribution < 1.29 is 35.0 Å². The zero-order valence-electron chi connectivity index (χ0n) is 43.1. The van der Waals surface area contributed by atoms with Gasteiger partial charge < -0.3 is 0 Å². The SMILES string of the molecule is CCN(CCCCN(CC=CCN(CCCCN(CC)S(=O)(=O)c1c(C)cc(C)cc1C)S(O)(O)c1c(C)cc(C)cc1C)S(=O)(=O)c1c(C)cc(C)cc1C)S(O)(O)c1c(C)cc(C)cc1C. The minimum absolute atomic E-state index is 0.0142. The Morgan fingerprint density at radius 2 is 0.603 bits per heavy atom. The first-order chi connectivity index (χ1) is 31.6. The van der Waals surface area contributed by atoms with E-state index in [2.05, 4.69) is 0 Å². The van der Waals surface area contributed by atoms with Crippen molar-refractivity contribution in [3.05, 3.63) is 127 Å². The molecule has 4 aromatic rings. The molecule has 0 spiro atoms. The van der Waals surface area contributed by atoms with Gasteiger partial charge in [-0.15, -0.1) is 21.6 Å². The van der Waals surface area contributed by atoms with Crippen LogP contribution in [0.15, 0.2) is 80.3 Å². The molecule has 0 bridgehead atoms. The fraction of sp³-hybridized carbons (Fsp3) is 0.500. The molecule has 0 amide bonds. The average molecular weight is 1020 g/mol. The summed E-state index contributed by atoms with van der Waals surface area (Å²) in [6.07, 6.45) is 5.40.